The van der Waals surface area contributed by atoms with Crippen molar-refractivity contribution in [1.82, 2.24) is 24.4 Å². The van der Waals surface area contributed by atoms with Crippen molar-refractivity contribution in [3.63, 3.8) is 0 Å². The van der Waals surface area contributed by atoms with Crippen LogP contribution in [-0.2, 0) is 4.79 Å². The van der Waals surface area contributed by atoms with E-state index in [2.05, 4.69) is 16.5 Å². The van der Waals surface area contributed by atoms with Gasteiger partial charge in [-0.05, 0) is 62.6 Å². The Morgan fingerprint density at radius 3 is 2.56 bits per heavy atom. The number of carbonyl (C=O) groups excluding carboxylic acids is 1. The summed E-state index contributed by atoms with van der Waals surface area (Å²) >= 11 is 6.78. The first kappa shape index (κ1) is 28.4. The van der Waals surface area contributed by atoms with Gasteiger partial charge in [0, 0.05) is 36.9 Å². The molecule has 0 bridgehead atoms. The standard InChI is InChI=1S/C31H32ClFN6O2/c1-7-25(40)37-15-20(6)38(16-19(37)5)29-22-14-23(32)27(21-10-8-9-11-24(21)33)35-30(22)39(31(41)36-29)28-18(4)12-13-34-26(28)17(2)3/h7-14,17,19-20H,1,15-16H2,2-6H3. The molecule has 3 aromatic heterocycles. The molecule has 1 aromatic carbocycles. The summed E-state index contributed by atoms with van der Waals surface area (Å²) in [5, 5.41) is 0.763. The van der Waals surface area contributed by atoms with Crippen LogP contribution in [0.5, 0.6) is 0 Å². The molecule has 0 aliphatic carbocycles. The highest BCUT2D eigenvalue weighted by molar-refractivity contribution is 6.33. The topological polar surface area (TPSA) is 84.2 Å². The molecule has 2 atom stereocenters. The van der Waals surface area contributed by atoms with Crippen molar-refractivity contribution in [2.75, 3.05) is 18.0 Å². The van der Waals surface area contributed by atoms with Crippen LogP contribution in [0.3, 0.4) is 0 Å². The van der Waals surface area contributed by atoms with Crippen molar-refractivity contribution < 1.29 is 9.18 Å². The first-order valence-corrected chi connectivity index (χ1v) is 13.9. The van der Waals surface area contributed by atoms with E-state index in [-0.39, 0.29) is 40.2 Å². The molecule has 8 nitrogen and oxygen atoms in total. The Bertz CT molecular complexity index is 1740. The number of pyridine rings is 2. The summed E-state index contributed by atoms with van der Waals surface area (Å²) in [6.07, 6.45) is 3.02. The lowest BCUT2D eigenvalue weighted by Crippen LogP contribution is -2.58. The predicted molar refractivity (Wildman–Crippen MR) is 160 cm³/mol. The fraction of sp³-hybridized carbons (Fsp3) is 0.323. The Kier molecular flexibility index (Phi) is 7.66. The molecule has 1 saturated heterocycles. The molecule has 1 aliphatic rings. The van der Waals surface area contributed by atoms with Crippen molar-refractivity contribution in [2.45, 2.75) is 52.6 Å². The van der Waals surface area contributed by atoms with E-state index in [0.29, 0.717) is 41.3 Å². The number of hydrogen-bond donors (Lipinski definition) is 0. The minimum Gasteiger partial charge on any atom is -0.349 e. The molecule has 1 aliphatic heterocycles. The SMILES string of the molecule is C=CC(=O)N1CC(C)N(c2nc(=O)n(-c3c(C)ccnc3C(C)C)c3nc(-c4ccccc4F)c(Cl)cc23)CC1C. The lowest BCUT2D eigenvalue weighted by Gasteiger charge is -2.44. The van der Waals surface area contributed by atoms with Gasteiger partial charge < -0.3 is 9.80 Å². The Morgan fingerprint density at radius 1 is 1.15 bits per heavy atom. The summed E-state index contributed by atoms with van der Waals surface area (Å²) in [5.41, 5.74) is 2.33. The Hall–Kier alpha value is -4.11. The van der Waals surface area contributed by atoms with Gasteiger partial charge in [0.1, 0.15) is 11.6 Å². The van der Waals surface area contributed by atoms with E-state index < -0.39 is 11.5 Å². The van der Waals surface area contributed by atoms with Crippen LogP contribution in [0.25, 0.3) is 28.0 Å². The first-order valence-electron chi connectivity index (χ1n) is 13.6. The molecule has 4 heterocycles. The van der Waals surface area contributed by atoms with Gasteiger partial charge in [0.15, 0.2) is 5.65 Å². The summed E-state index contributed by atoms with van der Waals surface area (Å²) in [5.74, 6) is -0.213. The summed E-state index contributed by atoms with van der Waals surface area (Å²) in [7, 11) is 0. The van der Waals surface area contributed by atoms with Crippen LogP contribution in [0.4, 0.5) is 10.2 Å². The Labute approximate surface area is 243 Å². The van der Waals surface area contributed by atoms with Crippen LogP contribution in [0.2, 0.25) is 5.02 Å². The normalized spacial score (nSPS) is 17.4. The second-order valence-corrected chi connectivity index (χ2v) is 11.2. The van der Waals surface area contributed by atoms with Crippen molar-refractivity contribution in [2.24, 2.45) is 0 Å². The monoisotopic (exact) mass is 574 g/mol. The zero-order valence-electron chi connectivity index (χ0n) is 23.7. The fourth-order valence-corrected chi connectivity index (χ4v) is 5.75. The zero-order valence-corrected chi connectivity index (χ0v) is 24.5. The maximum atomic E-state index is 15.0. The minimum atomic E-state index is -0.538. The van der Waals surface area contributed by atoms with E-state index in [1.54, 1.807) is 35.4 Å². The largest absolute Gasteiger partial charge is 0.355 e. The van der Waals surface area contributed by atoms with Gasteiger partial charge in [-0.25, -0.2) is 18.7 Å². The third-order valence-electron chi connectivity index (χ3n) is 7.57. The molecule has 0 N–H and O–H groups in total. The number of nitrogens with zero attached hydrogens (tertiary/aromatic N) is 6. The van der Waals surface area contributed by atoms with Gasteiger partial charge in [0.25, 0.3) is 0 Å². The van der Waals surface area contributed by atoms with Crippen molar-refractivity contribution in [3.8, 4) is 16.9 Å². The van der Waals surface area contributed by atoms with Crippen LogP contribution in [-0.4, -0.2) is 55.5 Å². The number of halogens is 2. The molecule has 0 spiro atoms. The van der Waals surface area contributed by atoms with Crippen molar-refractivity contribution in [3.05, 3.63) is 87.8 Å². The molecular formula is C31H32ClFN6O2. The second kappa shape index (κ2) is 11.0. The molecule has 5 rings (SSSR count). The molecule has 10 heteroatoms. The van der Waals surface area contributed by atoms with Crippen molar-refractivity contribution >= 4 is 34.4 Å². The van der Waals surface area contributed by atoms with Crippen molar-refractivity contribution in [1.29, 1.82) is 0 Å². The number of carbonyl (C=O) groups is 1. The van der Waals surface area contributed by atoms with Crippen LogP contribution in [0.15, 0.2) is 60.0 Å². The van der Waals surface area contributed by atoms with E-state index in [9.17, 15) is 14.0 Å². The molecule has 0 radical (unpaired) electrons. The van der Waals surface area contributed by atoms with Gasteiger partial charge >= 0.3 is 5.69 Å². The summed E-state index contributed by atoms with van der Waals surface area (Å²) < 4.78 is 16.4. The molecule has 212 valence electrons. The van der Waals surface area contributed by atoms with Gasteiger partial charge in [-0.2, -0.15) is 4.98 Å². The molecule has 0 saturated carbocycles. The van der Waals surface area contributed by atoms with E-state index in [0.717, 1.165) is 5.56 Å². The average molecular weight is 575 g/mol. The number of benzene rings is 1. The third kappa shape index (κ3) is 4.99. The molecular weight excluding hydrogens is 543 g/mol. The number of amides is 1. The van der Waals surface area contributed by atoms with Crippen LogP contribution < -0.4 is 10.6 Å². The van der Waals surface area contributed by atoms with Crippen LogP contribution >= 0.6 is 11.6 Å². The van der Waals surface area contributed by atoms with Crippen LogP contribution in [0.1, 0.15) is 44.9 Å². The molecule has 1 fully saturated rings. The average Bonchev–Trinajstić information content (AvgIpc) is 2.94. The molecule has 41 heavy (non-hydrogen) atoms. The molecule has 2 unspecified atom stereocenters. The van der Waals surface area contributed by atoms with E-state index in [1.807, 2.05) is 45.6 Å². The van der Waals surface area contributed by atoms with Gasteiger partial charge in [0.05, 0.1) is 27.5 Å². The number of fused-ring (bicyclic) bond motifs is 1. The smallest absolute Gasteiger partial charge is 0.349 e. The van der Waals surface area contributed by atoms with Gasteiger partial charge in [-0.1, -0.05) is 44.2 Å². The van der Waals surface area contributed by atoms with E-state index >= 15 is 0 Å². The second-order valence-electron chi connectivity index (χ2n) is 10.8. The number of piperazine rings is 1. The minimum absolute atomic E-state index is 0.00112. The molecule has 1 amide bonds. The number of aromatic nitrogens is 4. The maximum absolute atomic E-state index is 15.0. The highest BCUT2D eigenvalue weighted by Gasteiger charge is 2.34. The zero-order chi connectivity index (χ0) is 29.6. The highest BCUT2D eigenvalue weighted by Crippen LogP contribution is 2.36. The first-order chi connectivity index (χ1) is 19.5. The Balaban J connectivity index is 1.83. The van der Waals surface area contributed by atoms with E-state index in [1.165, 1.54) is 16.7 Å². The number of rotatable bonds is 5. The summed E-state index contributed by atoms with van der Waals surface area (Å²) in [6, 6.07) is 9.46. The van der Waals surface area contributed by atoms with E-state index in [4.69, 9.17) is 16.6 Å². The quantitative estimate of drug-likeness (QED) is 0.285. The lowest BCUT2D eigenvalue weighted by atomic mass is 10.0. The van der Waals surface area contributed by atoms with Gasteiger partial charge in [-0.3, -0.25) is 9.78 Å². The number of hydrogen-bond acceptors (Lipinski definition) is 6. The van der Waals surface area contributed by atoms with Gasteiger partial charge in [0.2, 0.25) is 5.91 Å². The molecule has 4 aromatic rings. The Morgan fingerprint density at radius 2 is 1.88 bits per heavy atom. The fourth-order valence-electron chi connectivity index (χ4n) is 5.50. The number of aryl methyl sites for hydroxylation is 1. The summed E-state index contributed by atoms with van der Waals surface area (Å²) in [6.45, 7) is 14.3. The van der Waals surface area contributed by atoms with Crippen LogP contribution in [0, 0.1) is 12.7 Å². The number of anilines is 1. The third-order valence-corrected chi connectivity index (χ3v) is 7.86. The highest BCUT2D eigenvalue weighted by atomic mass is 35.5. The summed E-state index contributed by atoms with van der Waals surface area (Å²) in [4.78, 5) is 44.3. The maximum Gasteiger partial charge on any atom is 0.355 e. The lowest BCUT2D eigenvalue weighted by molar-refractivity contribution is -0.128. The van der Waals surface area contributed by atoms with Gasteiger partial charge in [-0.15, -0.1) is 0 Å². The predicted octanol–water partition coefficient (Wildman–Crippen LogP) is 5.68.